The van der Waals surface area contributed by atoms with Crippen LogP contribution in [0.1, 0.15) is 52.1 Å². The fraction of sp³-hybridized carbons (Fsp3) is 0.214. The standard InChI is InChI=1S/C28H21ClF3NO5/c29-24-22-15-17(26(34)16-5-10-21(11-6-16)38-28(30,31)32)7-14-23(22)33(25(24)27(35)36)18-8-12-20(13-9-18)37-19-3-1-2-4-19/h5-15,19H,1-4H2,(H,35,36). The molecule has 1 saturated carbocycles. The maximum absolute atomic E-state index is 13.0. The van der Waals surface area contributed by atoms with Crippen molar-refractivity contribution in [3.05, 3.63) is 88.6 Å². The third kappa shape index (κ3) is 5.19. The summed E-state index contributed by atoms with van der Waals surface area (Å²) in [7, 11) is 0. The van der Waals surface area contributed by atoms with E-state index in [1.165, 1.54) is 28.8 Å². The minimum absolute atomic E-state index is 0.0395. The molecule has 0 aliphatic heterocycles. The number of carboxylic acids is 1. The number of hydrogen-bond donors (Lipinski definition) is 1. The average Bonchev–Trinajstić information content (AvgIpc) is 3.49. The van der Waals surface area contributed by atoms with Gasteiger partial charge in [-0.1, -0.05) is 11.6 Å². The Morgan fingerprint density at radius 2 is 1.50 bits per heavy atom. The molecule has 1 N–H and O–H groups in total. The summed E-state index contributed by atoms with van der Waals surface area (Å²) >= 11 is 6.50. The van der Waals surface area contributed by atoms with Gasteiger partial charge in [0.2, 0.25) is 0 Å². The maximum Gasteiger partial charge on any atom is 0.573 e. The lowest BCUT2D eigenvalue weighted by molar-refractivity contribution is -0.274. The number of alkyl halides is 3. The summed E-state index contributed by atoms with van der Waals surface area (Å²) in [6.07, 6.45) is -0.362. The summed E-state index contributed by atoms with van der Waals surface area (Å²) in [5.74, 6) is -1.47. The molecule has 0 unspecified atom stereocenters. The normalized spacial score (nSPS) is 14.1. The lowest BCUT2D eigenvalue weighted by atomic mass is 10.0. The van der Waals surface area contributed by atoms with Gasteiger partial charge in [0.15, 0.2) is 11.5 Å². The van der Waals surface area contributed by atoms with Crippen LogP contribution in [0.3, 0.4) is 0 Å². The Morgan fingerprint density at radius 1 is 0.895 bits per heavy atom. The van der Waals surface area contributed by atoms with Crippen molar-refractivity contribution in [2.45, 2.75) is 38.1 Å². The highest BCUT2D eigenvalue weighted by Gasteiger charge is 2.31. The molecule has 0 atom stereocenters. The van der Waals surface area contributed by atoms with Crippen LogP contribution in [0.4, 0.5) is 13.2 Å². The number of hydrogen-bond acceptors (Lipinski definition) is 4. The Hall–Kier alpha value is -3.98. The van der Waals surface area contributed by atoms with Gasteiger partial charge >= 0.3 is 12.3 Å². The van der Waals surface area contributed by atoms with Crippen molar-refractivity contribution in [1.82, 2.24) is 4.57 Å². The van der Waals surface area contributed by atoms with E-state index in [-0.39, 0.29) is 27.9 Å². The van der Waals surface area contributed by atoms with Gasteiger partial charge in [-0.15, -0.1) is 13.2 Å². The number of rotatable bonds is 7. The van der Waals surface area contributed by atoms with E-state index in [2.05, 4.69) is 4.74 Å². The van der Waals surface area contributed by atoms with Crippen LogP contribution in [0.15, 0.2) is 66.7 Å². The first kappa shape index (κ1) is 25.7. The quantitative estimate of drug-likeness (QED) is 0.245. The molecule has 1 fully saturated rings. The largest absolute Gasteiger partial charge is 0.573 e. The number of halogens is 4. The summed E-state index contributed by atoms with van der Waals surface area (Å²) in [6, 6.07) is 16.2. The molecule has 196 valence electrons. The first-order valence-electron chi connectivity index (χ1n) is 11.9. The lowest BCUT2D eigenvalue weighted by Gasteiger charge is -2.14. The lowest BCUT2D eigenvalue weighted by Crippen LogP contribution is -2.17. The van der Waals surface area contributed by atoms with Gasteiger partial charge in [-0.2, -0.15) is 0 Å². The average molecular weight is 544 g/mol. The van der Waals surface area contributed by atoms with E-state index >= 15 is 0 Å². The second-order valence-corrected chi connectivity index (χ2v) is 9.33. The second kappa shape index (κ2) is 10.1. The third-order valence-corrected chi connectivity index (χ3v) is 6.80. The maximum atomic E-state index is 13.0. The highest BCUT2D eigenvalue weighted by molar-refractivity contribution is 6.39. The van der Waals surface area contributed by atoms with Gasteiger partial charge in [-0.3, -0.25) is 4.79 Å². The second-order valence-electron chi connectivity index (χ2n) is 8.95. The molecular formula is C28H21ClF3NO5. The first-order chi connectivity index (χ1) is 18.1. The molecule has 6 nitrogen and oxygen atoms in total. The predicted octanol–water partition coefficient (Wildman–Crippen LogP) is 7.43. The minimum Gasteiger partial charge on any atom is -0.490 e. The van der Waals surface area contributed by atoms with E-state index in [1.807, 2.05) is 0 Å². The first-order valence-corrected chi connectivity index (χ1v) is 12.2. The molecule has 1 heterocycles. The van der Waals surface area contributed by atoms with E-state index in [9.17, 15) is 27.9 Å². The minimum atomic E-state index is -4.84. The summed E-state index contributed by atoms with van der Waals surface area (Å²) in [5, 5.41) is 10.2. The molecule has 0 saturated heterocycles. The van der Waals surface area contributed by atoms with Gasteiger partial charge in [-0.25, -0.2) is 4.79 Å². The molecule has 1 aliphatic rings. The zero-order chi connectivity index (χ0) is 27.0. The number of carbonyl (C=O) groups excluding carboxylic acids is 1. The van der Waals surface area contributed by atoms with Crippen molar-refractivity contribution in [3.8, 4) is 17.2 Å². The number of aromatic nitrogens is 1. The summed E-state index contributed by atoms with van der Waals surface area (Å²) < 4.78 is 48.6. The van der Waals surface area contributed by atoms with Crippen LogP contribution in [0.2, 0.25) is 5.02 Å². The fourth-order valence-electron chi connectivity index (χ4n) is 4.70. The van der Waals surface area contributed by atoms with Crippen LogP contribution in [0, 0.1) is 0 Å². The van der Waals surface area contributed by atoms with E-state index in [1.54, 1.807) is 30.3 Å². The SMILES string of the molecule is O=C(c1ccc(OC(F)(F)F)cc1)c1ccc2c(c1)c(Cl)c(C(=O)O)n2-c1ccc(OC2CCCC2)cc1. The van der Waals surface area contributed by atoms with Crippen LogP contribution in [0.25, 0.3) is 16.6 Å². The Morgan fingerprint density at radius 3 is 2.11 bits per heavy atom. The number of nitrogens with zero attached hydrogens (tertiary/aromatic N) is 1. The zero-order valence-electron chi connectivity index (χ0n) is 19.8. The van der Waals surface area contributed by atoms with Crippen molar-refractivity contribution in [2.75, 3.05) is 0 Å². The molecule has 1 aliphatic carbocycles. The van der Waals surface area contributed by atoms with Gasteiger partial charge in [0.1, 0.15) is 11.5 Å². The Kier molecular flexibility index (Phi) is 6.79. The molecule has 3 aromatic carbocycles. The number of carbonyl (C=O) groups is 2. The van der Waals surface area contributed by atoms with Crippen molar-refractivity contribution in [3.63, 3.8) is 0 Å². The molecular weight excluding hydrogens is 523 g/mol. The molecule has 10 heteroatoms. The number of benzene rings is 3. The summed E-state index contributed by atoms with van der Waals surface area (Å²) in [5.41, 5.74) is 1.19. The number of carboxylic acid groups (broad SMARTS) is 1. The van der Waals surface area contributed by atoms with Crippen LogP contribution in [-0.2, 0) is 0 Å². The van der Waals surface area contributed by atoms with E-state index in [0.29, 0.717) is 22.3 Å². The van der Waals surface area contributed by atoms with Crippen LogP contribution in [0.5, 0.6) is 11.5 Å². The van der Waals surface area contributed by atoms with Crippen LogP contribution in [-0.4, -0.2) is 33.9 Å². The molecule has 0 radical (unpaired) electrons. The Bertz CT molecular complexity index is 1510. The number of ketones is 1. The molecule has 38 heavy (non-hydrogen) atoms. The van der Waals surface area contributed by atoms with Gasteiger partial charge in [0, 0.05) is 22.2 Å². The van der Waals surface area contributed by atoms with E-state index in [0.717, 1.165) is 37.8 Å². The molecule has 0 bridgehead atoms. The van der Waals surface area contributed by atoms with Crippen molar-refractivity contribution in [1.29, 1.82) is 0 Å². The highest BCUT2D eigenvalue weighted by atomic mass is 35.5. The van der Waals surface area contributed by atoms with Crippen molar-refractivity contribution in [2.24, 2.45) is 0 Å². The molecule has 0 amide bonds. The third-order valence-electron chi connectivity index (χ3n) is 6.42. The molecule has 1 aromatic heterocycles. The number of fused-ring (bicyclic) bond motifs is 1. The predicted molar refractivity (Wildman–Crippen MR) is 135 cm³/mol. The Balaban J connectivity index is 1.48. The number of aromatic carboxylic acids is 1. The molecule has 5 rings (SSSR count). The summed E-state index contributed by atoms with van der Waals surface area (Å²) in [6.45, 7) is 0. The van der Waals surface area contributed by atoms with E-state index < -0.39 is 23.9 Å². The smallest absolute Gasteiger partial charge is 0.490 e. The number of ether oxygens (including phenoxy) is 2. The Labute approximate surface area is 220 Å². The highest BCUT2D eigenvalue weighted by Crippen LogP contribution is 2.35. The van der Waals surface area contributed by atoms with Crippen LogP contribution >= 0.6 is 11.6 Å². The topological polar surface area (TPSA) is 77.8 Å². The molecule has 0 spiro atoms. The zero-order valence-corrected chi connectivity index (χ0v) is 20.6. The molecule has 4 aromatic rings. The van der Waals surface area contributed by atoms with Gasteiger partial charge < -0.3 is 19.1 Å². The monoisotopic (exact) mass is 543 g/mol. The van der Waals surface area contributed by atoms with Crippen molar-refractivity contribution >= 4 is 34.3 Å². The van der Waals surface area contributed by atoms with Gasteiger partial charge in [0.05, 0.1) is 16.6 Å². The fourth-order valence-corrected chi connectivity index (χ4v) is 5.02. The van der Waals surface area contributed by atoms with Crippen molar-refractivity contribution < 1.29 is 37.3 Å². The van der Waals surface area contributed by atoms with E-state index in [4.69, 9.17) is 16.3 Å². The summed E-state index contributed by atoms with van der Waals surface area (Å²) in [4.78, 5) is 25.2. The van der Waals surface area contributed by atoms with Gasteiger partial charge in [-0.05, 0) is 92.4 Å². The van der Waals surface area contributed by atoms with Gasteiger partial charge in [0.25, 0.3) is 0 Å². The van der Waals surface area contributed by atoms with Crippen LogP contribution < -0.4 is 9.47 Å².